The Morgan fingerprint density at radius 3 is 2.44 bits per heavy atom. The number of hydrogen-bond acceptors (Lipinski definition) is 8. The van der Waals surface area contributed by atoms with Gasteiger partial charge in [0.25, 0.3) is 18.3 Å². The Morgan fingerprint density at radius 2 is 1.84 bits per heavy atom. The molecule has 1 fully saturated rings. The third-order valence-corrected chi connectivity index (χ3v) is 9.04. The minimum Gasteiger partial charge on any atom is -0.463 e. The van der Waals surface area contributed by atoms with Crippen LogP contribution in [-0.2, 0) is 26.9 Å². The number of hydrogen-bond donors (Lipinski definition) is 1. The number of carbonyl (C=O) groups is 2. The highest BCUT2D eigenvalue weighted by atomic mass is 35.5. The highest BCUT2D eigenvalue weighted by Crippen LogP contribution is 2.51. The summed E-state index contributed by atoms with van der Waals surface area (Å²) in [5.74, 6) is -6.36. The van der Waals surface area contributed by atoms with E-state index in [0.717, 1.165) is 22.3 Å². The first-order valence-electron chi connectivity index (χ1n) is 15.8. The SMILES string of the molecule is Cn1ccc(-c2ccc([C@@]3(CC(C)(C)C)N=C(N)N([C@H](COC(=O)C[C@H]4CC4(F)F)c4ccc(Cl)c(-n5ncnc5C(F)F)c4)C3=O)cc2)n1. The van der Waals surface area contributed by atoms with Gasteiger partial charge in [-0.25, -0.2) is 32.2 Å². The molecular weight excluding hydrogens is 680 g/mol. The van der Waals surface area contributed by atoms with Gasteiger partial charge in [0, 0.05) is 31.1 Å². The molecular formula is C34H35ClF4N8O3. The lowest BCUT2D eigenvalue weighted by Gasteiger charge is -2.35. The maximum Gasteiger partial charge on any atom is 0.306 e. The van der Waals surface area contributed by atoms with Gasteiger partial charge in [0.05, 0.1) is 28.9 Å². The molecule has 11 nitrogen and oxygen atoms in total. The number of esters is 1. The Balaban J connectivity index is 1.40. The predicted molar refractivity (Wildman–Crippen MR) is 176 cm³/mol. The monoisotopic (exact) mass is 714 g/mol. The van der Waals surface area contributed by atoms with Gasteiger partial charge in [0.1, 0.15) is 12.9 Å². The van der Waals surface area contributed by atoms with Crippen LogP contribution in [0.5, 0.6) is 0 Å². The van der Waals surface area contributed by atoms with Crippen LogP contribution in [-0.4, -0.2) is 59.8 Å². The molecule has 2 aromatic heterocycles. The predicted octanol–water partition coefficient (Wildman–Crippen LogP) is 6.38. The van der Waals surface area contributed by atoms with Crippen LogP contribution in [0.2, 0.25) is 5.02 Å². The number of rotatable bonds is 11. The van der Waals surface area contributed by atoms with E-state index >= 15 is 0 Å². The Bertz CT molecular complexity index is 1960. The van der Waals surface area contributed by atoms with Crippen LogP contribution >= 0.6 is 11.6 Å². The Kier molecular flexibility index (Phi) is 8.99. The van der Waals surface area contributed by atoms with Gasteiger partial charge >= 0.3 is 5.97 Å². The minimum atomic E-state index is -2.99. The van der Waals surface area contributed by atoms with Crippen molar-refractivity contribution >= 4 is 29.4 Å². The standard InChI is InChI=1S/C34H35ClF4N8O3/c1-32(2,3)17-33(21-8-5-19(6-9-21)24-11-12-45(4)44-24)30(49)46(31(40)43-33)26(16-50-27(48)14-22-15-34(22,38)39)20-7-10-23(35)25(13-20)47-29(28(36)37)41-18-42-47/h5-13,18,22,26,28H,14-17H2,1-4H3,(H2,40,43)/t22-,26+,33+/m0/s1. The fourth-order valence-corrected chi connectivity index (χ4v) is 6.48. The molecule has 1 aliphatic carbocycles. The maximum absolute atomic E-state index is 14.9. The number of amides is 1. The number of nitrogens with two attached hydrogens (primary N) is 1. The number of aromatic nitrogens is 5. The average molecular weight is 715 g/mol. The fraction of sp³-hybridized carbons (Fsp3) is 0.412. The van der Waals surface area contributed by atoms with Crippen LogP contribution < -0.4 is 5.73 Å². The quantitative estimate of drug-likeness (QED) is 0.141. The van der Waals surface area contributed by atoms with Crippen molar-refractivity contribution in [3.05, 3.63) is 83.0 Å². The molecule has 3 heterocycles. The number of benzene rings is 2. The molecule has 3 atom stereocenters. The van der Waals surface area contributed by atoms with E-state index in [-0.39, 0.29) is 28.7 Å². The molecule has 264 valence electrons. The number of halogens is 5. The van der Waals surface area contributed by atoms with E-state index in [4.69, 9.17) is 27.1 Å². The minimum absolute atomic E-state index is 0.0131. The van der Waals surface area contributed by atoms with E-state index < -0.39 is 72.4 Å². The molecule has 0 saturated heterocycles. The van der Waals surface area contributed by atoms with E-state index in [1.165, 1.54) is 23.1 Å². The van der Waals surface area contributed by atoms with Crippen molar-refractivity contribution in [1.82, 2.24) is 29.4 Å². The van der Waals surface area contributed by atoms with Crippen molar-refractivity contribution in [2.45, 2.75) is 64.0 Å². The number of carbonyl (C=O) groups excluding carboxylic acids is 2. The first kappa shape index (κ1) is 35.1. The second kappa shape index (κ2) is 12.8. The van der Waals surface area contributed by atoms with Gasteiger partial charge in [-0.15, -0.1) is 0 Å². The molecule has 4 aromatic rings. The number of aliphatic imine (C=N–C) groups is 1. The summed E-state index contributed by atoms with van der Waals surface area (Å²) in [6, 6.07) is 12.3. The van der Waals surface area contributed by atoms with Crippen LogP contribution in [0.1, 0.15) is 69.5 Å². The van der Waals surface area contributed by atoms with Gasteiger partial charge in [0.15, 0.2) is 17.3 Å². The summed E-state index contributed by atoms with van der Waals surface area (Å²) in [6.07, 6.45) is -0.932. The average Bonchev–Trinajstić information content (AvgIpc) is 3.45. The normalized spacial score (nSPS) is 20.7. The summed E-state index contributed by atoms with van der Waals surface area (Å²) in [5.41, 5.74) is 7.01. The lowest BCUT2D eigenvalue weighted by Crippen LogP contribution is -2.47. The molecule has 2 aromatic carbocycles. The highest BCUT2D eigenvalue weighted by Gasteiger charge is 2.58. The second-order valence-corrected chi connectivity index (χ2v) is 14.2. The number of alkyl halides is 4. The van der Waals surface area contributed by atoms with Gasteiger partial charge in [-0.1, -0.05) is 62.7 Å². The first-order valence-corrected chi connectivity index (χ1v) is 16.2. The number of aryl methyl sites for hydroxylation is 1. The Morgan fingerprint density at radius 1 is 1.14 bits per heavy atom. The lowest BCUT2D eigenvalue weighted by atomic mass is 9.75. The molecule has 2 aliphatic rings. The molecule has 0 bridgehead atoms. The topological polar surface area (TPSA) is 134 Å². The van der Waals surface area contributed by atoms with Gasteiger partial charge in [0.2, 0.25) is 0 Å². The Hall–Kier alpha value is -4.79. The highest BCUT2D eigenvalue weighted by molar-refractivity contribution is 6.32. The van der Waals surface area contributed by atoms with E-state index in [2.05, 4.69) is 15.2 Å². The molecule has 1 aliphatic heterocycles. The van der Waals surface area contributed by atoms with Crippen molar-refractivity contribution in [3.63, 3.8) is 0 Å². The second-order valence-electron chi connectivity index (χ2n) is 13.8. The third-order valence-electron chi connectivity index (χ3n) is 8.72. The smallest absolute Gasteiger partial charge is 0.306 e. The van der Waals surface area contributed by atoms with Crippen LogP contribution in [0.25, 0.3) is 16.9 Å². The van der Waals surface area contributed by atoms with E-state index in [1.54, 1.807) is 16.8 Å². The van der Waals surface area contributed by atoms with Crippen LogP contribution in [0.15, 0.2) is 66.0 Å². The largest absolute Gasteiger partial charge is 0.463 e. The third kappa shape index (κ3) is 6.82. The fourth-order valence-electron chi connectivity index (χ4n) is 6.29. The van der Waals surface area contributed by atoms with Crippen molar-refractivity contribution in [2.75, 3.05) is 6.61 Å². The molecule has 1 amide bonds. The summed E-state index contributed by atoms with van der Waals surface area (Å²) in [5, 5.41) is 8.39. The van der Waals surface area contributed by atoms with Crippen molar-refractivity contribution < 1.29 is 31.9 Å². The molecule has 50 heavy (non-hydrogen) atoms. The number of nitrogens with zero attached hydrogens (tertiary/aromatic N) is 7. The zero-order valence-electron chi connectivity index (χ0n) is 27.7. The zero-order chi connectivity index (χ0) is 36.2. The van der Waals surface area contributed by atoms with E-state index in [0.29, 0.717) is 5.56 Å². The lowest BCUT2D eigenvalue weighted by molar-refractivity contribution is -0.148. The molecule has 2 N–H and O–H groups in total. The maximum atomic E-state index is 14.9. The summed E-state index contributed by atoms with van der Waals surface area (Å²) >= 11 is 6.44. The summed E-state index contributed by atoms with van der Waals surface area (Å²) in [7, 11) is 1.81. The van der Waals surface area contributed by atoms with E-state index in [9.17, 15) is 27.2 Å². The first-order chi connectivity index (χ1) is 23.5. The van der Waals surface area contributed by atoms with Gasteiger partial charge in [-0.3, -0.25) is 19.2 Å². The van der Waals surface area contributed by atoms with Crippen molar-refractivity contribution in [2.24, 2.45) is 29.1 Å². The van der Waals surface area contributed by atoms with Gasteiger partial charge in [-0.2, -0.15) is 10.2 Å². The molecule has 0 unspecified atom stereocenters. The van der Waals surface area contributed by atoms with Crippen LogP contribution in [0.4, 0.5) is 17.6 Å². The van der Waals surface area contributed by atoms with Crippen LogP contribution in [0.3, 0.4) is 0 Å². The molecule has 0 spiro atoms. The molecule has 16 heteroatoms. The van der Waals surface area contributed by atoms with Gasteiger partial charge in [-0.05, 0) is 41.2 Å². The number of ether oxygens (including phenoxy) is 1. The zero-order valence-corrected chi connectivity index (χ0v) is 28.4. The van der Waals surface area contributed by atoms with Crippen LogP contribution in [0, 0.1) is 11.3 Å². The molecule has 0 radical (unpaired) electrons. The summed E-state index contributed by atoms with van der Waals surface area (Å²) in [6.45, 7) is 5.35. The summed E-state index contributed by atoms with van der Waals surface area (Å²) in [4.78, 5) is 37.2. The summed E-state index contributed by atoms with van der Waals surface area (Å²) < 4.78 is 62.8. The van der Waals surface area contributed by atoms with Gasteiger partial charge < -0.3 is 10.5 Å². The number of guanidine groups is 1. The molecule has 6 rings (SSSR count). The van der Waals surface area contributed by atoms with Crippen molar-refractivity contribution in [3.8, 4) is 16.9 Å². The molecule has 1 saturated carbocycles. The Labute approximate surface area is 290 Å². The van der Waals surface area contributed by atoms with E-state index in [1.807, 2.05) is 52.2 Å². The van der Waals surface area contributed by atoms with Crippen molar-refractivity contribution in [1.29, 1.82) is 0 Å².